The van der Waals surface area contributed by atoms with Crippen molar-refractivity contribution in [1.82, 2.24) is 10.3 Å². The molecule has 0 spiro atoms. The quantitative estimate of drug-likeness (QED) is 0.824. The summed E-state index contributed by atoms with van der Waals surface area (Å²) in [6.45, 7) is 10.9. The predicted molar refractivity (Wildman–Crippen MR) is 71.1 cm³/mol. The third kappa shape index (κ3) is 4.00. The Labute approximate surface area is 105 Å². The lowest BCUT2D eigenvalue weighted by Crippen LogP contribution is -2.33. The van der Waals surface area contributed by atoms with Crippen molar-refractivity contribution >= 4 is 0 Å². The largest absolute Gasteiger partial charge is 0.481 e. The van der Waals surface area contributed by atoms with E-state index >= 15 is 0 Å². The van der Waals surface area contributed by atoms with Crippen LogP contribution in [0.2, 0.25) is 0 Å². The normalized spacial score (nSPS) is 11.9. The van der Waals surface area contributed by atoms with Gasteiger partial charge in [-0.15, -0.1) is 0 Å². The number of nitrogens with zero attached hydrogens (tertiary/aromatic N) is 1. The van der Waals surface area contributed by atoms with Crippen LogP contribution in [-0.2, 0) is 6.54 Å². The van der Waals surface area contributed by atoms with Gasteiger partial charge in [0.05, 0.1) is 7.11 Å². The Morgan fingerprint density at radius 1 is 1.41 bits per heavy atom. The highest BCUT2D eigenvalue weighted by Gasteiger charge is 2.21. The molecule has 0 aromatic carbocycles. The highest BCUT2D eigenvalue weighted by molar-refractivity contribution is 5.24. The Morgan fingerprint density at radius 3 is 2.71 bits per heavy atom. The zero-order chi connectivity index (χ0) is 12.9. The third-order valence-corrected chi connectivity index (χ3v) is 3.50. The zero-order valence-corrected chi connectivity index (χ0v) is 11.6. The topological polar surface area (TPSA) is 34.1 Å². The van der Waals surface area contributed by atoms with E-state index in [0.717, 1.165) is 18.7 Å². The van der Waals surface area contributed by atoms with Crippen LogP contribution >= 0.6 is 0 Å². The molecule has 0 atom stereocenters. The minimum absolute atomic E-state index is 0.301. The summed E-state index contributed by atoms with van der Waals surface area (Å²) in [6.07, 6.45) is 1.75. The maximum absolute atomic E-state index is 5.22. The number of hydrogen-bond donors (Lipinski definition) is 1. The van der Waals surface area contributed by atoms with Gasteiger partial charge in [-0.05, 0) is 17.4 Å². The molecule has 0 aliphatic heterocycles. The zero-order valence-electron chi connectivity index (χ0n) is 11.6. The van der Waals surface area contributed by atoms with Crippen LogP contribution < -0.4 is 10.1 Å². The first-order valence-electron chi connectivity index (χ1n) is 6.16. The average molecular weight is 236 g/mol. The van der Waals surface area contributed by atoms with E-state index in [1.54, 1.807) is 13.3 Å². The minimum Gasteiger partial charge on any atom is -0.481 e. The molecule has 0 fully saturated rings. The summed E-state index contributed by atoms with van der Waals surface area (Å²) in [5, 5.41) is 3.48. The summed E-state index contributed by atoms with van der Waals surface area (Å²) in [6, 6.07) is 3.98. The number of aromatic nitrogens is 1. The van der Waals surface area contributed by atoms with E-state index in [1.807, 2.05) is 12.1 Å². The molecule has 0 saturated heterocycles. The van der Waals surface area contributed by atoms with Crippen molar-refractivity contribution in [2.75, 3.05) is 13.7 Å². The fraction of sp³-hybridized carbons (Fsp3) is 0.643. The summed E-state index contributed by atoms with van der Waals surface area (Å²) in [5.41, 5.74) is 1.41. The standard InChI is InChI=1S/C14H24N2O/c1-11(2)14(3,4)10-15-9-12-7-6-8-16-13(12)17-5/h6-8,11,15H,9-10H2,1-5H3. The first kappa shape index (κ1) is 14.0. The van der Waals surface area contributed by atoms with Gasteiger partial charge in [0, 0.05) is 24.8 Å². The van der Waals surface area contributed by atoms with Crippen molar-refractivity contribution in [3.05, 3.63) is 23.9 Å². The van der Waals surface area contributed by atoms with Crippen molar-refractivity contribution in [2.24, 2.45) is 11.3 Å². The second-order valence-electron chi connectivity index (χ2n) is 5.42. The number of hydrogen-bond acceptors (Lipinski definition) is 3. The van der Waals surface area contributed by atoms with E-state index < -0.39 is 0 Å². The molecule has 0 aliphatic rings. The summed E-state index contributed by atoms with van der Waals surface area (Å²) in [4.78, 5) is 4.19. The van der Waals surface area contributed by atoms with E-state index in [1.165, 1.54) is 0 Å². The Hall–Kier alpha value is -1.09. The summed E-state index contributed by atoms with van der Waals surface area (Å²) >= 11 is 0. The molecule has 1 rings (SSSR count). The Balaban J connectivity index is 2.51. The van der Waals surface area contributed by atoms with Crippen LogP contribution in [0.5, 0.6) is 5.88 Å². The Kier molecular flexibility index (Phi) is 4.94. The predicted octanol–water partition coefficient (Wildman–Crippen LogP) is 2.86. The van der Waals surface area contributed by atoms with Crippen LogP contribution in [0.3, 0.4) is 0 Å². The van der Waals surface area contributed by atoms with Gasteiger partial charge in [0.2, 0.25) is 5.88 Å². The SMILES string of the molecule is COc1ncccc1CNCC(C)(C)C(C)C. The highest BCUT2D eigenvalue weighted by Crippen LogP contribution is 2.25. The van der Waals surface area contributed by atoms with Crippen LogP contribution in [0.25, 0.3) is 0 Å². The van der Waals surface area contributed by atoms with Gasteiger partial charge in [0.25, 0.3) is 0 Å². The number of methoxy groups -OCH3 is 1. The molecule has 0 aliphatic carbocycles. The van der Waals surface area contributed by atoms with E-state index in [2.05, 4.69) is 38.0 Å². The molecule has 3 heteroatoms. The fourth-order valence-electron chi connectivity index (χ4n) is 1.47. The van der Waals surface area contributed by atoms with Crippen LogP contribution in [0.1, 0.15) is 33.3 Å². The number of rotatable bonds is 6. The van der Waals surface area contributed by atoms with E-state index in [-0.39, 0.29) is 0 Å². The number of nitrogens with one attached hydrogen (secondary N) is 1. The molecule has 1 aromatic rings. The monoisotopic (exact) mass is 236 g/mol. The van der Waals surface area contributed by atoms with E-state index in [4.69, 9.17) is 4.74 Å². The maximum atomic E-state index is 5.22. The van der Waals surface area contributed by atoms with Gasteiger partial charge >= 0.3 is 0 Å². The fourth-order valence-corrected chi connectivity index (χ4v) is 1.47. The summed E-state index contributed by atoms with van der Waals surface area (Å²) in [5.74, 6) is 1.37. The second kappa shape index (κ2) is 6.01. The van der Waals surface area contributed by atoms with Gasteiger partial charge in [0.15, 0.2) is 0 Å². The van der Waals surface area contributed by atoms with Crippen LogP contribution in [0.15, 0.2) is 18.3 Å². The van der Waals surface area contributed by atoms with Crippen molar-refractivity contribution in [1.29, 1.82) is 0 Å². The molecule has 1 heterocycles. The molecule has 3 nitrogen and oxygen atoms in total. The number of pyridine rings is 1. The Bertz CT molecular complexity index is 348. The minimum atomic E-state index is 0.301. The van der Waals surface area contributed by atoms with Gasteiger partial charge < -0.3 is 10.1 Å². The molecule has 0 radical (unpaired) electrons. The molecular weight excluding hydrogens is 212 g/mol. The second-order valence-corrected chi connectivity index (χ2v) is 5.42. The van der Waals surface area contributed by atoms with E-state index in [9.17, 15) is 0 Å². The lowest BCUT2D eigenvalue weighted by atomic mass is 9.81. The smallest absolute Gasteiger partial charge is 0.217 e. The van der Waals surface area contributed by atoms with Crippen molar-refractivity contribution in [2.45, 2.75) is 34.2 Å². The Morgan fingerprint density at radius 2 is 2.12 bits per heavy atom. The summed E-state index contributed by atoms with van der Waals surface area (Å²) in [7, 11) is 1.66. The first-order chi connectivity index (χ1) is 7.97. The van der Waals surface area contributed by atoms with Crippen molar-refractivity contribution in [3.63, 3.8) is 0 Å². The van der Waals surface area contributed by atoms with Gasteiger partial charge in [-0.1, -0.05) is 33.8 Å². The lowest BCUT2D eigenvalue weighted by molar-refractivity contribution is 0.237. The highest BCUT2D eigenvalue weighted by atomic mass is 16.5. The van der Waals surface area contributed by atoms with Crippen LogP contribution in [-0.4, -0.2) is 18.6 Å². The molecule has 17 heavy (non-hydrogen) atoms. The maximum Gasteiger partial charge on any atom is 0.217 e. The van der Waals surface area contributed by atoms with Crippen LogP contribution in [0.4, 0.5) is 0 Å². The van der Waals surface area contributed by atoms with Crippen molar-refractivity contribution < 1.29 is 4.74 Å². The molecular formula is C14H24N2O. The number of ether oxygens (including phenoxy) is 1. The molecule has 96 valence electrons. The summed E-state index contributed by atoms with van der Waals surface area (Å²) < 4.78 is 5.22. The molecule has 1 N–H and O–H groups in total. The van der Waals surface area contributed by atoms with E-state index in [0.29, 0.717) is 17.2 Å². The van der Waals surface area contributed by atoms with Gasteiger partial charge in [-0.25, -0.2) is 4.98 Å². The third-order valence-electron chi connectivity index (χ3n) is 3.50. The van der Waals surface area contributed by atoms with Crippen LogP contribution in [0, 0.1) is 11.3 Å². The lowest BCUT2D eigenvalue weighted by Gasteiger charge is -2.29. The van der Waals surface area contributed by atoms with Gasteiger partial charge in [0.1, 0.15) is 0 Å². The average Bonchev–Trinajstić information content (AvgIpc) is 2.29. The molecule has 0 saturated carbocycles. The van der Waals surface area contributed by atoms with Crippen molar-refractivity contribution in [3.8, 4) is 5.88 Å². The molecule has 0 unspecified atom stereocenters. The molecule has 0 bridgehead atoms. The molecule has 0 amide bonds. The first-order valence-corrected chi connectivity index (χ1v) is 6.16. The van der Waals surface area contributed by atoms with Gasteiger partial charge in [-0.2, -0.15) is 0 Å². The van der Waals surface area contributed by atoms with Gasteiger partial charge in [-0.3, -0.25) is 0 Å². The molecule has 1 aromatic heterocycles.